The van der Waals surface area contributed by atoms with Gasteiger partial charge >= 0.3 is 0 Å². The van der Waals surface area contributed by atoms with Gasteiger partial charge in [0, 0.05) is 29.8 Å². The van der Waals surface area contributed by atoms with Gasteiger partial charge in [0.15, 0.2) is 5.79 Å². The minimum atomic E-state index is -0.422. The molecule has 2 heterocycles. The van der Waals surface area contributed by atoms with Crippen LogP contribution in [-0.2, 0) is 9.47 Å². The maximum Gasteiger partial charge on any atom is 0.169 e. The van der Waals surface area contributed by atoms with E-state index in [0.29, 0.717) is 12.0 Å². The molecule has 0 amide bonds. The minimum absolute atomic E-state index is 0.188. The zero-order valence-electron chi connectivity index (χ0n) is 11.8. The van der Waals surface area contributed by atoms with Crippen LogP contribution in [0.1, 0.15) is 43.9 Å². The van der Waals surface area contributed by atoms with E-state index in [4.69, 9.17) is 9.47 Å². The molecule has 0 N–H and O–H groups in total. The Hall–Kier alpha value is -1.52. The van der Waals surface area contributed by atoms with Crippen LogP contribution in [0, 0.1) is 5.82 Å². The van der Waals surface area contributed by atoms with E-state index in [1.165, 1.54) is 12.5 Å². The molecule has 1 saturated carbocycles. The van der Waals surface area contributed by atoms with Crippen molar-refractivity contribution in [3.8, 4) is 0 Å². The van der Waals surface area contributed by atoms with Gasteiger partial charge in [0.05, 0.1) is 12.3 Å². The van der Waals surface area contributed by atoms with Crippen molar-refractivity contribution in [2.45, 2.75) is 44.0 Å². The maximum absolute atomic E-state index is 13.9. The Morgan fingerprint density at radius 1 is 1.19 bits per heavy atom. The molecule has 2 aliphatic rings. The number of pyridine rings is 1. The van der Waals surface area contributed by atoms with E-state index in [1.54, 1.807) is 18.3 Å². The van der Waals surface area contributed by atoms with Crippen molar-refractivity contribution in [2.75, 3.05) is 6.61 Å². The lowest BCUT2D eigenvalue weighted by Gasteiger charge is -2.31. The van der Waals surface area contributed by atoms with Gasteiger partial charge in [-0.2, -0.15) is 0 Å². The molecule has 3 nitrogen and oxygen atoms in total. The standard InChI is InChI=1S/C17H18FNO2/c18-14-6-4-5-12-10-19-15(9-13(12)14)16-11-20-17(21-16)7-2-1-3-8-17/h4-6,9-10,16H,1-3,7-8,11H2. The third kappa shape index (κ3) is 2.32. The Labute approximate surface area is 123 Å². The minimum Gasteiger partial charge on any atom is -0.347 e. The highest BCUT2D eigenvalue weighted by atomic mass is 19.1. The van der Waals surface area contributed by atoms with E-state index < -0.39 is 5.79 Å². The van der Waals surface area contributed by atoms with Crippen LogP contribution < -0.4 is 0 Å². The highest BCUT2D eigenvalue weighted by Crippen LogP contribution is 2.42. The highest BCUT2D eigenvalue weighted by Gasteiger charge is 2.43. The van der Waals surface area contributed by atoms with Gasteiger partial charge in [-0.05, 0) is 25.0 Å². The Bertz CT molecular complexity index is 667. The lowest BCUT2D eigenvalue weighted by molar-refractivity contribution is -0.188. The molecule has 1 aliphatic carbocycles. The quantitative estimate of drug-likeness (QED) is 0.790. The van der Waals surface area contributed by atoms with E-state index in [9.17, 15) is 4.39 Å². The van der Waals surface area contributed by atoms with Crippen LogP contribution in [0.2, 0.25) is 0 Å². The van der Waals surface area contributed by atoms with Crippen LogP contribution in [0.25, 0.3) is 10.8 Å². The molecule has 1 aromatic heterocycles. The topological polar surface area (TPSA) is 31.4 Å². The molecular weight excluding hydrogens is 269 g/mol. The fraction of sp³-hybridized carbons (Fsp3) is 0.471. The molecule has 2 fully saturated rings. The summed E-state index contributed by atoms with van der Waals surface area (Å²) in [4.78, 5) is 4.44. The van der Waals surface area contributed by atoms with Gasteiger partial charge in [0.1, 0.15) is 11.9 Å². The third-order valence-electron chi connectivity index (χ3n) is 4.53. The number of halogens is 1. The summed E-state index contributed by atoms with van der Waals surface area (Å²) in [5.41, 5.74) is 0.759. The van der Waals surface area contributed by atoms with Crippen molar-refractivity contribution >= 4 is 10.8 Å². The molecule has 1 atom stereocenters. The number of ether oxygens (including phenoxy) is 2. The summed E-state index contributed by atoms with van der Waals surface area (Å²) < 4.78 is 26.0. The zero-order chi connectivity index (χ0) is 14.3. The highest BCUT2D eigenvalue weighted by molar-refractivity contribution is 5.82. The molecule has 21 heavy (non-hydrogen) atoms. The molecule has 1 aliphatic heterocycles. The van der Waals surface area contributed by atoms with Gasteiger partial charge in [-0.3, -0.25) is 4.98 Å². The normalized spacial score (nSPS) is 24.7. The smallest absolute Gasteiger partial charge is 0.169 e. The Morgan fingerprint density at radius 3 is 2.90 bits per heavy atom. The van der Waals surface area contributed by atoms with Crippen molar-refractivity contribution in [2.24, 2.45) is 0 Å². The van der Waals surface area contributed by atoms with Crippen LogP contribution in [0.3, 0.4) is 0 Å². The number of fused-ring (bicyclic) bond motifs is 1. The Balaban J connectivity index is 1.63. The first-order valence-electron chi connectivity index (χ1n) is 7.62. The van der Waals surface area contributed by atoms with E-state index >= 15 is 0 Å². The van der Waals surface area contributed by atoms with Crippen molar-refractivity contribution in [3.63, 3.8) is 0 Å². The average Bonchev–Trinajstić information content (AvgIpc) is 2.92. The summed E-state index contributed by atoms with van der Waals surface area (Å²) >= 11 is 0. The second kappa shape index (κ2) is 5.04. The molecule has 1 aromatic carbocycles. The van der Waals surface area contributed by atoms with Gasteiger partial charge < -0.3 is 9.47 Å². The monoisotopic (exact) mass is 287 g/mol. The third-order valence-corrected chi connectivity index (χ3v) is 4.53. The first-order valence-corrected chi connectivity index (χ1v) is 7.62. The summed E-state index contributed by atoms with van der Waals surface area (Å²) in [6.07, 6.45) is 6.96. The lowest BCUT2D eigenvalue weighted by atomic mass is 9.94. The molecule has 2 aromatic rings. The second-order valence-corrected chi connectivity index (χ2v) is 5.96. The summed E-state index contributed by atoms with van der Waals surface area (Å²) in [7, 11) is 0. The number of hydrogen-bond acceptors (Lipinski definition) is 3. The Morgan fingerprint density at radius 2 is 2.05 bits per heavy atom. The number of nitrogens with zero attached hydrogens (tertiary/aromatic N) is 1. The number of hydrogen-bond donors (Lipinski definition) is 0. The van der Waals surface area contributed by atoms with Crippen molar-refractivity contribution in [1.29, 1.82) is 0 Å². The van der Waals surface area contributed by atoms with E-state index in [-0.39, 0.29) is 11.9 Å². The molecule has 1 spiro atoms. The van der Waals surface area contributed by atoms with Crippen molar-refractivity contribution in [3.05, 3.63) is 42.0 Å². The van der Waals surface area contributed by atoms with Gasteiger partial charge in [-0.25, -0.2) is 4.39 Å². The van der Waals surface area contributed by atoms with E-state index in [0.717, 1.165) is 36.8 Å². The maximum atomic E-state index is 13.9. The van der Waals surface area contributed by atoms with E-state index in [2.05, 4.69) is 4.98 Å². The summed E-state index contributed by atoms with van der Waals surface area (Å²) in [6.45, 7) is 0.507. The van der Waals surface area contributed by atoms with Crippen molar-refractivity contribution < 1.29 is 13.9 Å². The zero-order valence-corrected chi connectivity index (χ0v) is 11.8. The van der Waals surface area contributed by atoms with Crippen LogP contribution in [0.15, 0.2) is 30.5 Å². The molecule has 0 radical (unpaired) electrons. The second-order valence-electron chi connectivity index (χ2n) is 5.96. The first kappa shape index (κ1) is 13.2. The van der Waals surface area contributed by atoms with Crippen LogP contribution >= 0.6 is 0 Å². The van der Waals surface area contributed by atoms with Crippen LogP contribution in [-0.4, -0.2) is 17.4 Å². The molecule has 110 valence electrons. The first-order chi connectivity index (χ1) is 10.3. The van der Waals surface area contributed by atoms with E-state index in [1.807, 2.05) is 6.07 Å². The van der Waals surface area contributed by atoms with Gasteiger partial charge in [0.2, 0.25) is 0 Å². The van der Waals surface area contributed by atoms with Gasteiger partial charge in [0.25, 0.3) is 0 Å². The average molecular weight is 287 g/mol. The fourth-order valence-electron chi connectivity index (χ4n) is 3.38. The number of rotatable bonds is 1. The summed E-state index contributed by atoms with van der Waals surface area (Å²) in [5.74, 6) is -0.642. The predicted molar refractivity (Wildman–Crippen MR) is 77.3 cm³/mol. The largest absolute Gasteiger partial charge is 0.347 e. The predicted octanol–water partition coefficient (Wildman–Crippen LogP) is 4.12. The van der Waals surface area contributed by atoms with Crippen LogP contribution in [0.4, 0.5) is 4.39 Å². The SMILES string of the molecule is Fc1cccc2cnc(C3COC4(CCCCC4)O3)cc12. The summed E-state index contributed by atoms with van der Waals surface area (Å²) in [6, 6.07) is 6.83. The van der Waals surface area contributed by atoms with Gasteiger partial charge in [-0.15, -0.1) is 0 Å². The molecule has 4 heteroatoms. The number of aromatic nitrogens is 1. The number of benzene rings is 1. The molecule has 1 unspecified atom stereocenters. The molecule has 4 rings (SSSR count). The van der Waals surface area contributed by atoms with Crippen molar-refractivity contribution in [1.82, 2.24) is 4.98 Å². The summed E-state index contributed by atoms with van der Waals surface area (Å²) in [5, 5.41) is 1.40. The lowest BCUT2D eigenvalue weighted by Crippen LogP contribution is -2.32. The molecule has 1 saturated heterocycles. The molecular formula is C17H18FNO2. The van der Waals surface area contributed by atoms with Gasteiger partial charge in [-0.1, -0.05) is 18.6 Å². The molecule has 0 bridgehead atoms. The van der Waals surface area contributed by atoms with Crippen LogP contribution in [0.5, 0.6) is 0 Å². The fourth-order valence-corrected chi connectivity index (χ4v) is 3.38. The Kier molecular flexibility index (Phi) is 3.16.